The van der Waals surface area contributed by atoms with Gasteiger partial charge in [0.2, 0.25) is 5.91 Å². The quantitative estimate of drug-likeness (QED) is 0.677. The Morgan fingerprint density at radius 3 is 2.47 bits per heavy atom. The van der Waals surface area contributed by atoms with E-state index in [1.807, 2.05) is 13.8 Å². The van der Waals surface area contributed by atoms with Crippen molar-refractivity contribution in [2.24, 2.45) is 11.7 Å². The van der Waals surface area contributed by atoms with Crippen LogP contribution in [0.4, 0.5) is 0 Å². The molecule has 3 N–H and O–H groups in total. The second-order valence-corrected chi connectivity index (χ2v) is 5.87. The van der Waals surface area contributed by atoms with Crippen molar-refractivity contribution in [2.75, 3.05) is 6.61 Å². The van der Waals surface area contributed by atoms with Gasteiger partial charge in [-0.05, 0) is 39.0 Å². The first-order valence-corrected chi connectivity index (χ1v) is 6.52. The van der Waals surface area contributed by atoms with Gasteiger partial charge >= 0.3 is 0 Å². The van der Waals surface area contributed by atoms with Gasteiger partial charge in [0.25, 0.3) is 0 Å². The summed E-state index contributed by atoms with van der Waals surface area (Å²) in [6.45, 7) is 8.55. The molecule has 4 nitrogen and oxygen atoms in total. The molecule has 100 valence electrons. The Kier molecular flexibility index (Phi) is 4.95. The second-order valence-electron chi connectivity index (χ2n) is 5.87. The first-order chi connectivity index (χ1) is 7.83. The summed E-state index contributed by atoms with van der Waals surface area (Å²) in [5, 5.41) is 3.28. The number of primary amides is 1. The fraction of sp³-hybridized carbons (Fsp3) is 0.923. The van der Waals surface area contributed by atoms with Crippen molar-refractivity contribution in [1.82, 2.24) is 5.32 Å². The lowest BCUT2D eigenvalue weighted by Gasteiger charge is -2.29. The highest BCUT2D eigenvalue weighted by Gasteiger charge is 2.37. The average molecular weight is 242 g/mol. The molecular weight excluding hydrogens is 216 g/mol. The Morgan fingerprint density at radius 2 is 2.06 bits per heavy atom. The zero-order chi connectivity index (χ0) is 13.1. The highest BCUT2D eigenvalue weighted by Crippen LogP contribution is 2.23. The van der Waals surface area contributed by atoms with E-state index in [0.29, 0.717) is 18.6 Å². The van der Waals surface area contributed by atoms with Crippen LogP contribution in [0.2, 0.25) is 0 Å². The molecule has 0 bridgehead atoms. The van der Waals surface area contributed by atoms with Crippen LogP contribution in [0.15, 0.2) is 0 Å². The molecule has 17 heavy (non-hydrogen) atoms. The van der Waals surface area contributed by atoms with Crippen molar-refractivity contribution in [2.45, 2.75) is 64.6 Å². The van der Waals surface area contributed by atoms with Crippen LogP contribution in [0.25, 0.3) is 0 Å². The lowest BCUT2D eigenvalue weighted by Crippen LogP contribution is -2.57. The van der Waals surface area contributed by atoms with E-state index in [-0.39, 0.29) is 12.0 Å². The molecule has 1 fully saturated rings. The predicted octanol–water partition coefficient (Wildman–Crippen LogP) is 1.43. The maximum atomic E-state index is 11.5. The van der Waals surface area contributed by atoms with Crippen LogP contribution < -0.4 is 11.1 Å². The molecule has 0 radical (unpaired) electrons. The Bertz CT molecular complexity index is 264. The number of rotatable bonds is 8. The van der Waals surface area contributed by atoms with Gasteiger partial charge in [-0.15, -0.1) is 0 Å². The van der Waals surface area contributed by atoms with Crippen LogP contribution in [0.3, 0.4) is 0 Å². The molecule has 1 saturated carbocycles. The van der Waals surface area contributed by atoms with Gasteiger partial charge in [0.15, 0.2) is 0 Å². The van der Waals surface area contributed by atoms with Crippen molar-refractivity contribution >= 4 is 5.91 Å². The van der Waals surface area contributed by atoms with Gasteiger partial charge in [-0.2, -0.15) is 0 Å². The summed E-state index contributed by atoms with van der Waals surface area (Å²) in [6, 6.07) is 0.441. The third-order valence-electron chi connectivity index (χ3n) is 3.10. The largest absolute Gasteiger partial charge is 0.376 e. The summed E-state index contributed by atoms with van der Waals surface area (Å²) in [4.78, 5) is 11.5. The molecule has 1 aliphatic rings. The van der Waals surface area contributed by atoms with Crippen molar-refractivity contribution in [3.05, 3.63) is 0 Å². The van der Waals surface area contributed by atoms with Crippen LogP contribution >= 0.6 is 0 Å². The molecule has 2 atom stereocenters. The normalized spacial score (nSPS) is 21.2. The van der Waals surface area contributed by atoms with Crippen LogP contribution in [0.5, 0.6) is 0 Å². The molecule has 1 rings (SSSR count). The smallest absolute Gasteiger partial charge is 0.239 e. The standard InChI is InChI=1S/C13H26N2O2/c1-9(2)7-10(3)17-8-13(4,12(14)16)15-11-5-6-11/h9-11,15H,5-8H2,1-4H3,(H2,14,16). The van der Waals surface area contributed by atoms with Gasteiger partial charge in [-0.3, -0.25) is 10.1 Å². The van der Waals surface area contributed by atoms with Crippen molar-refractivity contribution < 1.29 is 9.53 Å². The SMILES string of the molecule is CC(C)CC(C)OCC(C)(NC1CC1)C(N)=O. The molecule has 0 heterocycles. The van der Waals surface area contributed by atoms with Gasteiger partial charge in [-0.25, -0.2) is 0 Å². The summed E-state index contributed by atoms with van der Waals surface area (Å²) in [7, 11) is 0. The van der Waals surface area contributed by atoms with Crippen LogP contribution in [-0.2, 0) is 9.53 Å². The van der Waals surface area contributed by atoms with Crippen molar-refractivity contribution in [3.8, 4) is 0 Å². The fourth-order valence-corrected chi connectivity index (χ4v) is 1.90. The molecule has 0 aromatic carbocycles. The Hall–Kier alpha value is -0.610. The molecule has 4 heteroatoms. The molecule has 0 spiro atoms. The zero-order valence-corrected chi connectivity index (χ0v) is 11.5. The van der Waals surface area contributed by atoms with Crippen molar-refractivity contribution in [3.63, 3.8) is 0 Å². The number of hydrogen-bond acceptors (Lipinski definition) is 3. The number of amides is 1. The van der Waals surface area contributed by atoms with Crippen molar-refractivity contribution in [1.29, 1.82) is 0 Å². The van der Waals surface area contributed by atoms with Crippen LogP contribution in [0, 0.1) is 5.92 Å². The van der Waals surface area contributed by atoms with E-state index in [9.17, 15) is 4.79 Å². The Labute approximate surface area is 104 Å². The van der Waals surface area contributed by atoms with Gasteiger partial charge < -0.3 is 10.5 Å². The van der Waals surface area contributed by atoms with E-state index in [0.717, 1.165) is 19.3 Å². The number of carbonyl (C=O) groups excluding carboxylic acids is 1. The van der Waals surface area contributed by atoms with Crippen LogP contribution in [0.1, 0.15) is 47.0 Å². The van der Waals surface area contributed by atoms with Crippen LogP contribution in [-0.4, -0.2) is 30.2 Å². The van der Waals surface area contributed by atoms with E-state index in [2.05, 4.69) is 19.2 Å². The summed E-state index contributed by atoms with van der Waals surface area (Å²) in [6.07, 6.45) is 3.42. The maximum absolute atomic E-state index is 11.5. The van der Waals surface area contributed by atoms with Gasteiger partial charge in [-0.1, -0.05) is 13.8 Å². The minimum Gasteiger partial charge on any atom is -0.376 e. The minimum atomic E-state index is -0.730. The molecule has 0 aromatic heterocycles. The minimum absolute atomic E-state index is 0.162. The fourth-order valence-electron chi connectivity index (χ4n) is 1.90. The van der Waals surface area contributed by atoms with Gasteiger partial charge in [0.05, 0.1) is 12.7 Å². The van der Waals surface area contributed by atoms with E-state index in [1.54, 1.807) is 0 Å². The first-order valence-electron chi connectivity index (χ1n) is 6.52. The molecule has 2 unspecified atom stereocenters. The van der Waals surface area contributed by atoms with E-state index in [4.69, 9.17) is 10.5 Å². The third kappa shape index (κ3) is 5.04. The number of ether oxygens (including phenoxy) is 1. The van der Waals surface area contributed by atoms with E-state index in [1.165, 1.54) is 0 Å². The Balaban J connectivity index is 2.40. The van der Waals surface area contributed by atoms with Gasteiger partial charge in [0.1, 0.15) is 5.54 Å². The summed E-state index contributed by atoms with van der Waals surface area (Å²) < 4.78 is 5.74. The highest BCUT2D eigenvalue weighted by molar-refractivity contribution is 5.84. The summed E-state index contributed by atoms with van der Waals surface area (Å²) >= 11 is 0. The number of carbonyl (C=O) groups is 1. The molecule has 0 saturated heterocycles. The third-order valence-corrected chi connectivity index (χ3v) is 3.10. The average Bonchev–Trinajstić information content (AvgIpc) is 2.97. The second kappa shape index (κ2) is 5.83. The number of hydrogen-bond donors (Lipinski definition) is 2. The summed E-state index contributed by atoms with van der Waals surface area (Å²) in [5.74, 6) is 0.266. The molecule has 1 aliphatic carbocycles. The lowest BCUT2D eigenvalue weighted by atomic mass is 10.0. The van der Waals surface area contributed by atoms with E-state index >= 15 is 0 Å². The number of nitrogens with two attached hydrogens (primary N) is 1. The Morgan fingerprint density at radius 1 is 1.47 bits per heavy atom. The molecular formula is C13H26N2O2. The topological polar surface area (TPSA) is 64.3 Å². The molecule has 0 aromatic rings. The zero-order valence-electron chi connectivity index (χ0n) is 11.5. The highest BCUT2D eigenvalue weighted by atomic mass is 16.5. The monoisotopic (exact) mass is 242 g/mol. The predicted molar refractivity (Wildman–Crippen MR) is 68.6 cm³/mol. The van der Waals surface area contributed by atoms with E-state index < -0.39 is 5.54 Å². The maximum Gasteiger partial charge on any atom is 0.239 e. The molecule has 1 amide bonds. The summed E-state index contributed by atoms with van der Waals surface area (Å²) in [5.41, 5.74) is 4.72. The number of nitrogens with one attached hydrogen (secondary N) is 1. The first kappa shape index (κ1) is 14.5. The van der Waals surface area contributed by atoms with Gasteiger partial charge in [0, 0.05) is 6.04 Å². The molecule has 0 aliphatic heterocycles. The lowest BCUT2D eigenvalue weighted by molar-refractivity contribution is -0.127.